The molecule has 0 aliphatic carbocycles. The Morgan fingerprint density at radius 2 is 1.64 bits per heavy atom. The summed E-state index contributed by atoms with van der Waals surface area (Å²) in [5.41, 5.74) is 1.42. The van der Waals surface area contributed by atoms with E-state index in [0.717, 1.165) is 5.56 Å². The van der Waals surface area contributed by atoms with Crippen LogP contribution in [0.25, 0.3) is 17.4 Å². The van der Waals surface area contributed by atoms with E-state index in [9.17, 15) is 9.18 Å². The van der Waals surface area contributed by atoms with Crippen LogP contribution in [-0.4, -0.2) is 5.78 Å². The van der Waals surface area contributed by atoms with E-state index < -0.39 is 0 Å². The van der Waals surface area contributed by atoms with E-state index in [1.165, 1.54) is 18.2 Å². The van der Waals surface area contributed by atoms with Crippen LogP contribution in [0.2, 0.25) is 0 Å². The Labute approximate surface area is 127 Å². The number of rotatable bonds is 4. The van der Waals surface area contributed by atoms with Gasteiger partial charge in [0.2, 0.25) is 0 Å². The zero-order valence-electron chi connectivity index (χ0n) is 11.7. The lowest BCUT2D eigenvalue weighted by Gasteiger charge is -1.96. The standard InChI is InChI=1S/C19H13FO2/c20-16-8-6-15(7-9-16)19-13-11-17(22-19)10-12-18(21)14-4-2-1-3-5-14/h1-13H/b12-10+. The van der Waals surface area contributed by atoms with Crippen LogP contribution in [0, 0.1) is 5.82 Å². The predicted molar refractivity (Wildman–Crippen MR) is 83.9 cm³/mol. The second kappa shape index (κ2) is 6.22. The second-order valence-corrected chi connectivity index (χ2v) is 4.77. The Morgan fingerprint density at radius 1 is 0.909 bits per heavy atom. The molecular weight excluding hydrogens is 279 g/mol. The number of carbonyl (C=O) groups excluding carboxylic acids is 1. The van der Waals surface area contributed by atoms with E-state index >= 15 is 0 Å². The Kier molecular flexibility index (Phi) is 3.97. The molecule has 1 heterocycles. The zero-order chi connectivity index (χ0) is 15.4. The van der Waals surface area contributed by atoms with E-state index in [0.29, 0.717) is 17.1 Å². The molecular formula is C19H13FO2. The molecule has 108 valence electrons. The molecule has 3 aromatic rings. The molecule has 3 heteroatoms. The van der Waals surface area contributed by atoms with Crippen molar-refractivity contribution in [2.45, 2.75) is 0 Å². The average molecular weight is 292 g/mol. The Balaban J connectivity index is 1.75. The molecule has 2 nitrogen and oxygen atoms in total. The van der Waals surface area contributed by atoms with Crippen LogP contribution in [0.4, 0.5) is 4.39 Å². The average Bonchev–Trinajstić information content (AvgIpc) is 3.03. The summed E-state index contributed by atoms with van der Waals surface area (Å²) in [6.07, 6.45) is 3.10. The van der Waals surface area contributed by atoms with Crippen LogP contribution >= 0.6 is 0 Å². The fourth-order valence-corrected chi connectivity index (χ4v) is 2.07. The highest BCUT2D eigenvalue weighted by molar-refractivity contribution is 6.06. The normalized spacial score (nSPS) is 11.0. The maximum absolute atomic E-state index is 12.9. The lowest BCUT2D eigenvalue weighted by molar-refractivity contribution is 0.104. The Bertz CT molecular complexity index is 799. The van der Waals surface area contributed by atoms with Gasteiger partial charge in [0.05, 0.1) is 0 Å². The minimum absolute atomic E-state index is 0.0830. The van der Waals surface area contributed by atoms with E-state index in [-0.39, 0.29) is 11.6 Å². The van der Waals surface area contributed by atoms with E-state index in [4.69, 9.17) is 4.42 Å². The van der Waals surface area contributed by atoms with Crippen molar-refractivity contribution in [1.82, 2.24) is 0 Å². The van der Waals surface area contributed by atoms with Crippen molar-refractivity contribution in [3.05, 3.63) is 89.9 Å². The lowest BCUT2D eigenvalue weighted by Crippen LogP contribution is -1.92. The van der Waals surface area contributed by atoms with Gasteiger partial charge in [-0.15, -0.1) is 0 Å². The van der Waals surface area contributed by atoms with Crippen molar-refractivity contribution in [2.24, 2.45) is 0 Å². The minimum atomic E-state index is -0.288. The molecule has 3 rings (SSSR count). The summed E-state index contributed by atoms with van der Waals surface area (Å²) < 4.78 is 18.5. The second-order valence-electron chi connectivity index (χ2n) is 4.77. The highest BCUT2D eigenvalue weighted by Crippen LogP contribution is 2.23. The first-order valence-electron chi connectivity index (χ1n) is 6.85. The molecule has 0 N–H and O–H groups in total. The van der Waals surface area contributed by atoms with Gasteiger partial charge in [-0.25, -0.2) is 4.39 Å². The Hall–Kier alpha value is -2.94. The van der Waals surface area contributed by atoms with Crippen molar-refractivity contribution in [1.29, 1.82) is 0 Å². The number of ketones is 1. The van der Waals surface area contributed by atoms with Crippen molar-refractivity contribution < 1.29 is 13.6 Å². The highest BCUT2D eigenvalue weighted by Gasteiger charge is 2.04. The van der Waals surface area contributed by atoms with Crippen LogP contribution in [0.15, 0.2) is 77.2 Å². The smallest absolute Gasteiger partial charge is 0.185 e. The summed E-state index contributed by atoms with van der Waals surface area (Å²) in [5, 5.41) is 0. The molecule has 2 aromatic carbocycles. The van der Waals surface area contributed by atoms with Crippen molar-refractivity contribution in [3.8, 4) is 11.3 Å². The maximum atomic E-state index is 12.9. The number of furan rings is 1. The summed E-state index contributed by atoms with van der Waals surface area (Å²) >= 11 is 0. The molecule has 0 aliphatic heterocycles. The van der Waals surface area contributed by atoms with E-state index in [2.05, 4.69) is 0 Å². The van der Waals surface area contributed by atoms with Gasteiger partial charge in [-0.2, -0.15) is 0 Å². The maximum Gasteiger partial charge on any atom is 0.185 e. The first-order chi connectivity index (χ1) is 10.7. The molecule has 0 fully saturated rings. The van der Waals surface area contributed by atoms with E-state index in [1.54, 1.807) is 42.5 Å². The largest absolute Gasteiger partial charge is 0.457 e. The summed E-state index contributed by atoms with van der Waals surface area (Å²) in [7, 11) is 0. The van der Waals surface area contributed by atoms with Gasteiger partial charge in [-0.1, -0.05) is 30.3 Å². The number of halogens is 1. The quantitative estimate of drug-likeness (QED) is 0.501. The molecule has 1 aromatic heterocycles. The van der Waals surface area contributed by atoms with Crippen LogP contribution in [0.1, 0.15) is 16.1 Å². The first kappa shape index (κ1) is 14.0. The van der Waals surface area contributed by atoms with Gasteiger partial charge in [-0.3, -0.25) is 4.79 Å². The molecule has 0 saturated carbocycles. The molecule has 0 spiro atoms. The molecule has 0 radical (unpaired) electrons. The molecule has 0 amide bonds. The first-order valence-corrected chi connectivity index (χ1v) is 6.85. The van der Waals surface area contributed by atoms with Gasteiger partial charge in [-0.05, 0) is 48.6 Å². The van der Waals surface area contributed by atoms with Crippen LogP contribution in [0.3, 0.4) is 0 Å². The van der Waals surface area contributed by atoms with E-state index in [1.807, 2.05) is 18.2 Å². The summed E-state index contributed by atoms with van der Waals surface area (Å²) in [6.45, 7) is 0. The summed E-state index contributed by atoms with van der Waals surface area (Å²) in [6, 6.07) is 18.7. The third kappa shape index (κ3) is 3.20. The van der Waals surface area contributed by atoms with Crippen molar-refractivity contribution in [2.75, 3.05) is 0 Å². The zero-order valence-corrected chi connectivity index (χ0v) is 11.7. The molecule has 0 atom stereocenters. The molecule has 0 unspecified atom stereocenters. The monoisotopic (exact) mass is 292 g/mol. The number of hydrogen-bond acceptors (Lipinski definition) is 2. The van der Waals surface area contributed by atoms with Crippen LogP contribution < -0.4 is 0 Å². The fraction of sp³-hybridized carbons (Fsp3) is 0. The Morgan fingerprint density at radius 3 is 2.36 bits per heavy atom. The van der Waals surface area contributed by atoms with Crippen LogP contribution in [-0.2, 0) is 0 Å². The van der Waals surface area contributed by atoms with Gasteiger partial charge < -0.3 is 4.42 Å². The summed E-state index contributed by atoms with van der Waals surface area (Å²) in [4.78, 5) is 12.0. The number of carbonyl (C=O) groups is 1. The van der Waals surface area contributed by atoms with Gasteiger partial charge in [0.25, 0.3) is 0 Å². The van der Waals surface area contributed by atoms with Gasteiger partial charge >= 0.3 is 0 Å². The van der Waals surface area contributed by atoms with Crippen LogP contribution in [0.5, 0.6) is 0 Å². The lowest BCUT2D eigenvalue weighted by atomic mass is 10.1. The highest BCUT2D eigenvalue weighted by atomic mass is 19.1. The number of benzene rings is 2. The van der Waals surface area contributed by atoms with Gasteiger partial charge in [0, 0.05) is 11.1 Å². The van der Waals surface area contributed by atoms with Gasteiger partial charge in [0.15, 0.2) is 5.78 Å². The molecule has 22 heavy (non-hydrogen) atoms. The summed E-state index contributed by atoms with van der Waals surface area (Å²) in [5.74, 6) is 0.833. The SMILES string of the molecule is O=C(/C=C/c1ccc(-c2ccc(F)cc2)o1)c1ccccc1. The fourth-order valence-electron chi connectivity index (χ4n) is 2.07. The topological polar surface area (TPSA) is 30.2 Å². The van der Waals surface area contributed by atoms with Crippen molar-refractivity contribution >= 4 is 11.9 Å². The number of hydrogen-bond donors (Lipinski definition) is 0. The minimum Gasteiger partial charge on any atom is -0.457 e. The third-order valence-electron chi connectivity index (χ3n) is 3.21. The molecule has 0 bridgehead atoms. The third-order valence-corrected chi connectivity index (χ3v) is 3.21. The molecule has 0 saturated heterocycles. The van der Waals surface area contributed by atoms with Gasteiger partial charge in [0.1, 0.15) is 17.3 Å². The number of allylic oxidation sites excluding steroid dienone is 1. The predicted octanol–water partition coefficient (Wildman–Crippen LogP) is 4.98. The van der Waals surface area contributed by atoms with Crippen molar-refractivity contribution in [3.63, 3.8) is 0 Å². The molecule has 0 aliphatic rings.